The molecule has 2 rings (SSSR count). The van der Waals surface area contributed by atoms with Crippen molar-refractivity contribution in [2.24, 2.45) is 0 Å². The monoisotopic (exact) mass is 214 g/mol. The van der Waals surface area contributed by atoms with Crippen LogP contribution in [0.15, 0.2) is 48.1 Å². The van der Waals surface area contributed by atoms with Gasteiger partial charge >= 0.3 is 5.97 Å². The number of carboxylic acid groups (broad SMARTS) is 1. The van der Waals surface area contributed by atoms with Crippen LogP contribution in [0.1, 0.15) is 12.0 Å². The summed E-state index contributed by atoms with van der Waals surface area (Å²) in [6.45, 7) is 0. The Hall–Kier alpha value is -2.16. The van der Waals surface area contributed by atoms with Gasteiger partial charge in [0, 0.05) is 6.42 Å². The molecule has 0 saturated carbocycles. The van der Waals surface area contributed by atoms with Crippen molar-refractivity contribution in [1.29, 1.82) is 0 Å². The number of allylic oxidation sites excluding steroid dienone is 3. The molecule has 0 bridgehead atoms. The summed E-state index contributed by atoms with van der Waals surface area (Å²) in [6.07, 6.45) is 2.97. The molecule has 0 unspecified atom stereocenters. The Balaban J connectivity index is 2.52. The maximum atomic E-state index is 11.2. The second kappa shape index (κ2) is 4.14. The Kier molecular flexibility index (Phi) is 2.68. The van der Waals surface area contributed by atoms with Gasteiger partial charge in [0.2, 0.25) is 0 Å². The van der Waals surface area contributed by atoms with Crippen molar-refractivity contribution in [3.63, 3.8) is 0 Å². The summed E-state index contributed by atoms with van der Waals surface area (Å²) < 4.78 is 0. The number of hydrogen-bond donors (Lipinski definition) is 1. The minimum Gasteiger partial charge on any atom is -0.478 e. The van der Waals surface area contributed by atoms with Crippen LogP contribution in [0.25, 0.3) is 5.57 Å². The second-order valence-electron chi connectivity index (χ2n) is 3.54. The molecular formula is C13H10O3. The molecule has 1 aliphatic carbocycles. The minimum atomic E-state index is -1.03. The van der Waals surface area contributed by atoms with Gasteiger partial charge < -0.3 is 5.11 Å². The van der Waals surface area contributed by atoms with E-state index in [9.17, 15) is 9.59 Å². The van der Waals surface area contributed by atoms with Gasteiger partial charge in [0.25, 0.3) is 0 Å². The van der Waals surface area contributed by atoms with E-state index in [1.807, 2.05) is 30.3 Å². The number of carbonyl (C=O) groups is 2. The molecule has 1 aliphatic rings. The zero-order valence-corrected chi connectivity index (χ0v) is 8.51. The molecule has 0 saturated heterocycles. The van der Waals surface area contributed by atoms with E-state index in [1.54, 1.807) is 6.08 Å². The fraction of sp³-hybridized carbons (Fsp3) is 0.0769. The Morgan fingerprint density at radius 3 is 2.44 bits per heavy atom. The summed E-state index contributed by atoms with van der Waals surface area (Å²) in [4.78, 5) is 22.2. The number of aliphatic carboxylic acids is 1. The van der Waals surface area contributed by atoms with Gasteiger partial charge in [-0.1, -0.05) is 36.4 Å². The molecule has 0 fully saturated rings. The molecule has 80 valence electrons. The first kappa shape index (κ1) is 10.4. The molecule has 3 heteroatoms. The average Bonchev–Trinajstić information content (AvgIpc) is 2.30. The van der Waals surface area contributed by atoms with Crippen molar-refractivity contribution in [3.05, 3.63) is 53.6 Å². The lowest BCUT2D eigenvalue weighted by Crippen LogP contribution is -2.11. The summed E-state index contributed by atoms with van der Waals surface area (Å²) >= 11 is 0. The number of hydrogen-bond acceptors (Lipinski definition) is 2. The van der Waals surface area contributed by atoms with Crippen LogP contribution in [0.3, 0.4) is 0 Å². The van der Waals surface area contributed by atoms with Crippen molar-refractivity contribution in [2.45, 2.75) is 6.42 Å². The first-order valence-electron chi connectivity index (χ1n) is 4.91. The third-order valence-corrected chi connectivity index (χ3v) is 2.45. The number of carbonyl (C=O) groups excluding carboxylic acids is 1. The number of ketones is 1. The van der Waals surface area contributed by atoms with Crippen LogP contribution < -0.4 is 0 Å². The molecule has 0 radical (unpaired) electrons. The van der Waals surface area contributed by atoms with Gasteiger partial charge in [-0.25, -0.2) is 4.79 Å². The topological polar surface area (TPSA) is 54.4 Å². The van der Waals surface area contributed by atoms with Gasteiger partial charge in [-0.3, -0.25) is 4.79 Å². The molecule has 0 atom stereocenters. The lowest BCUT2D eigenvalue weighted by molar-refractivity contribution is -0.133. The van der Waals surface area contributed by atoms with Gasteiger partial charge in [0.05, 0.1) is 5.57 Å². The number of carboxylic acids is 1. The molecule has 1 aromatic carbocycles. The predicted octanol–water partition coefficient (Wildman–Crippen LogP) is 2.05. The van der Waals surface area contributed by atoms with Crippen molar-refractivity contribution < 1.29 is 14.7 Å². The van der Waals surface area contributed by atoms with Crippen LogP contribution in [-0.2, 0) is 9.59 Å². The maximum absolute atomic E-state index is 11.2. The fourth-order valence-electron chi connectivity index (χ4n) is 1.68. The summed E-state index contributed by atoms with van der Waals surface area (Å²) in [6, 6.07) is 9.21. The van der Waals surface area contributed by atoms with Crippen molar-refractivity contribution in [3.8, 4) is 0 Å². The molecular weight excluding hydrogens is 204 g/mol. The third-order valence-electron chi connectivity index (χ3n) is 2.45. The van der Waals surface area contributed by atoms with E-state index < -0.39 is 5.97 Å². The highest BCUT2D eigenvalue weighted by Crippen LogP contribution is 2.26. The zero-order valence-electron chi connectivity index (χ0n) is 8.51. The Bertz CT molecular complexity index is 495. The normalized spacial score (nSPS) is 15.4. The average molecular weight is 214 g/mol. The highest BCUT2D eigenvalue weighted by molar-refractivity contribution is 6.09. The van der Waals surface area contributed by atoms with E-state index >= 15 is 0 Å². The molecule has 0 aromatic heterocycles. The van der Waals surface area contributed by atoms with Crippen LogP contribution in [0.5, 0.6) is 0 Å². The van der Waals surface area contributed by atoms with Crippen LogP contribution in [-0.4, -0.2) is 16.9 Å². The fourth-order valence-corrected chi connectivity index (χ4v) is 1.68. The molecule has 0 heterocycles. The highest BCUT2D eigenvalue weighted by Gasteiger charge is 2.20. The molecule has 0 amide bonds. The molecule has 0 spiro atoms. The maximum Gasteiger partial charge on any atom is 0.332 e. The predicted molar refractivity (Wildman–Crippen MR) is 59.8 cm³/mol. The molecule has 1 aromatic rings. The lowest BCUT2D eigenvalue weighted by atomic mass is 9.92. The van der Waals surface area contributed by atoms with E-state index in [0.29, 0.717) is 5.57 Å². The number of benzene rings is 1. The van der Waals surface area contributed by atoms with Crippen LogP contribution in [0.2, 0.25) is 0 Å². The third kappa shape index (κ3) is 1.93. The largest absolute Gasteiger partial charge is 0.478 e. The SMILES string of the molecule is O=C1C=CC(c2ccccc2)=C(C(=O)O)C1. The van der Waals surface area contributed by atoms with Gasteiger partial charge in [0.15, 0.2) is 5.78 Å². The number of rotatable bonds is 2. The van der Waals surface area contributed by atoms with E-state index in [2.05, 4.69) is 0 Å². The smallest absolute Gasteiger partial charge is 0.332 e. The molecule has 16 heavy (non-hydrogen) atoms. The van der Waals surface area contributed by atoms with Crippen LogP contribution in [0.4, 0.5) is 0 Å². The Morgan fingerprint density at radius 2 is 1.81 bits per heavy atom. The van der Waals surface area contributed by atoms with Crippen molar-refractivity contribution in [2.75, 3.05) is 0 Å². The summed E-state index contributed by atoms with van der Waals surface area (Å²) in [7, 11) is 0. The first-order valence-corrected chi connectivity index (χ1v) is 4.91. The van der Waals surface area contributed by atoms with Crippen LogP contribution in [0, 0.1) is 0 Å². The first-order chi connectivity index (χ1) is 7.68. The Labute approximate surface area is 92.7 Å². The van der Waals surface area contributed by atoms with E-state index in [-0.39, 0.29) is 17.8 Å². The highest BCUT2D eigenvalue weighted by atomic mass is 16.4. The molecule has 1 N–H and O–H groups in total. The summed E-state index contributed by atoms with van der Waals surface area (Å²) in [5.41, 5.74) is 1.61. The Morgan fingerprint density at radius 1 is 1.12 bits per heavy atom. The van der Waals surface area contributed by atoms with E-state index in [1.165, 1.54) is 6.08 Å². The van der Waals surface area contributed by atoms with Gasteiger partial charge in [-0.05, 0) is 17.2 Å². The molecule has 0 aliphatic heterocycles. The van der Waals surface area contributed by atoms with Crippen LogP contribution >= 0.6 is 0 Å². The zero-order chi connectivity index (χ0) is 11.5. The van der Waals surface area contributed by atoms with Gasteiger partial charge in [-0.2, -0.15) is 0 Å². The van der Waals surface area contributed by atoms with E-state index in [0.717, 1.165) is 5.56 Å². The second-order valence-corrected chi connectivity index (χ2v) is 3.54. The van der Waals surface area contributed by atoms with Gasteiger partial charge in [-0.15, -0.1) is 0 Å². The van der Waals surface area contributed by atoms with Crippen molar-refractivity contribution >= 4 is 17.3 Å². The summed E-state index contributed by atoms with van der Waals surface area (Å²) in [5, 5.41) is 9.04. The molecule has 3 nitrogen and oxygen atoms in total. The lowest BCUT2D eigenvalue weighted by Gasteiger charge is -2.12. The van der Waals surface area contributed by atoms with Crippen molar-refractivity contribution in [1.82, 2.24) is 0 Å². The summed E-state index contributed by atoms with van der Waals surface area (Å²) in [5.74, 6) is -1.20. The standard InChI is InChI=1S/C13H10O3/c14-10-6-7-11(12(8-10)13(15)16)9-4-2-1-3-5-9/h1-7H,8H2,(H,15,16). The van der Waals surface area contributed by atoms with E-state index in [4.69, 9.17) is 5.11 Å². The van der Waals surface area contributed by atoms with Gasteiger partial charge in [0.1, 0.15) is 0 Å². The minimum absolute atomic E-state index is 0.0317. The quantitative estimate of drug-likeness (QED) is 0.819.